The summed E-state index contributed by atoms with van der Waals surface area (Å²) in [7, 11) is -1.79. The van der Waals surface area contributed by atoms with Gasteiger partial charge in [-0.05, 0) is 91.4 Å². The maximum absolute atomic E-state index is 6.54. The highest BCUT2D eigenvalue weighted by molar-refractivity contribution is 7.10. The van der Waals surface area contributed by atoms with Gasteiger partial charge in [-0.15, -0.1) is 11.3 Å². The van der Waals surface area contributed by atoms with Gasteiger partial charge >= 0.3 is 0 Å². The highest BCUT2D eigenvalue weighted by Gasteiger charge is 2.39. The maximum Gasteiger partial charge on any atom is 0.250 e. The number of thiophene rings is 1. The van der Waals surface area contributed by atoms with E-state index < -0.39 is 8.32 Å². The molecule has 26 heavy (non-hydrogen) atoms. The quantitative estimate of drug-likeness (QED) is 0.438. The van der Waals surface area contributed by atoms with Crippen LogP contribution in [0.25, 0.3) is 0 Å². The highest BCUT2D eigenvalue weighted by Crippen LogP contribution is 2.39. The van der Waals surface area contributed by atoms with E-state index in [9.17, 15) is 0 Å². The first-order valence-corrected chi connectivity index (χ1v) is 13.7. The van der Waals surface area contributed by atoms with Gasteiger partial charge in [-0.3, -0.25) is 0 Å². The second kappa shape index (κ2) is 8.31. The summed E-state index contributed by atoms with van der Waals surface area (Å²) in [6, 6.07) is 9.20. The number of hydrogen-bond acceptors (Lipinski definition) is 2. The monoisotopic (exact) mass is 388 g/mol. The van der Waals surface area contributed by atoms with Crippen molar-refractivity contribution in [3.8, 4) is 5.75 Å². The Morgan fingerprint density at radius 2 is 1.81 bits per heavy atom. The van der Waals surface area contributed by atoms with E-state index in [0.29, 0.717) is 5.92 Å². The summed E-state index contributed by atoms with van der Waals surface area (Å²) in [4.78, 5) is 1.51. The van der Waals surface area contributed by atoms with Gasteiger partial charge in [0.2, 0.25) is 8.32 Å². The molecule has 1 nitrogen and oxygen atoms in total. The van der Waals surface area contributed by atoms with E-state index in [1.54, 1.807) is 0 Å². The Balaban J connectivity index is 2.11. The average molecular weight is 389 g/mol. The van der Waals surface area contributed by atoms with Gasteiger partial charge in [0, 0.05) is 4.88 Å². The van der Waals surface area contributed by atoms with Gasteiger partial charge in [0.25, 0.3) is 0 Å². The Hall–Kier alpha value is -1.06. The third kappa shape index (κ3) is 5.23. The van der Waals surface area contributed by atoms with Crippen LogP contribution in [0.4, 0.5) is 0 Å². The molecule has 3 heteroatoms. The van der Waals surface area contributed by atoms with E-state index in [-0.39, 0.29) is 5.04 Å². The van der Waals surface area contributed by atoms with Crippen molar-refractivity contribution in [1.82, 2.24) is 0 Å². The van der Waals surface area contributed by atoms with E-state index in [4.69, 9.17) is 4.43 Å². The summed E-state index contributed by atoms with van der Waals surface area (Å²) in [5.74, 6) is 1.70. The molecular weight excluding hydrogens is 352 g/mol. The van der Waals surface area contributed by atoms with Crippen molar-refractivity contribution in [2.75, 3.05) is 0 Å². The van der Waals surface area contributed by atoms with Crippen molar-refractivity contribution >= 4 is 19.7 Å². The third-order valence-electron chi connectivity index (χ3n) is 5.86. The molecule has 0 radical (unpaired) electrons. The molecule has 1 aromatic heterocycles. The van der Waals surface area contributed by atoms with Crippen LogP contribution in [-0.2, 0) is 6.42 Å². The molecule has 1 heterocycles. The number of aryl methyl sites for hydroxylation is 3. The fourth-order valence-corrected chi connectivity index (χ4v) is 4.99. The molecule has 0 N–H and O–H groups in total. The first-order valence-electron chi connectivity index (χ1n) is 9.87. The first-order chi connectivity index (χ1) is 12.0. The van der Waals surface area contributed by atoms with E-state index in [0.717, 1.165) is 5.75 Å². The van der Waals surface area contributed by atoms with Crippen LogP contribution in [0.1, 0.15) is 68.0 Å². The fraction of sp³-hybridized carbons (Fsp3) is 0.565. The Bertz CT molecular complexity index is 724. The molecule has 0 aliphatic carbocycles. The zero-order valence-electron chi connectivity index (χ0n) is 17.9. The summed E-state index contributed by atoms with van der Waals surface area (Å²) in [5, 5.41) is 2.48. The lowest BCUT2D eigenvalue weighted by Crippen LogP contribution is -2.44. The highest BCUT2D eigenvalue weighted by atomic mass is 32.1. The third-order valence-corrected chi connectivity index (χ3v) is 11.3. The van der Waals surface area contributed by atoms with Gasteiger partial charge in [-0.1, -0.05) is 39.8 Å². The summed E-state index contributed by atoms with van der Waals surface area (Å²) in [5.41, 5.74) is 4.12. The molecule has 1 unspecified atom stereocenters. The molecule has 144 valence electrons. The van der Waals surface area contributed by atoms with Crippen LogP contribution in [0, 0.1) is 13.8 Å². The van der Waals surface area contributed by atoms with Crippen LogP contribution in [0.3, 0.4) is 0 Å². The Kier molecular flexibility index (Phi) is 6.79. The molecule has 0 aliphatic heterocycles. The smallest absolute Gasteiger partial charge is 0.250 e. The maximum atomic E-state index is 6.54. The van der Waals surface area contributed by atoms with Gasteiger partial charge in [0.1, 0.15) is 5.75 Å². The number of hydrogen-bond donors (Lipinski definition) is 0. The summed E-state index contributed by atoms with van der Waals surface area (Å²) in [6.07, 6.45) is 3.59. The van der Waals surface area contributed by atoms with Crippen LogP contribution in [0.15, 0.2) is 29.6 Å². The molecule has 0 spiro atoms. The topological polar surface area (TPSA) is 9.23 Å². The predicted molar refractivity (Wildman–Crippen MR) is 119 cm³/mol. The van der Waals surface area contributed by atoms with Crippen molar-refractivity contribution in [1.29, 1.82) is 0 Å². The van der Waals surface area contributed by atoms with Gasteiger partial charge < -0.3 is 4.43 Å². The predicted octanol–water partition coefficient (Wildman–Crippen LogP) is 7.88. The van der Waals surface area contributed by atoms with Gasteiger partial charge in [0.05, 0.1) is 0 Å². The fourth-order valence-electron chi connectivity index (χ4n) is 3.01. The van der Waals surface area contributed by atoms with E-state index in [1.807, 2.05) is 11.3 Å². The van der Waals surface area contributed by atoms with E-state index >= 15 is 0 Å². The lowest BCUT2D eigenvalue weighted by atomic mass is 9.90. The Labute approximate surface area is 165 Å². The molecule has 1 atom stereocenters. The molecule has 0 aliphatic rings. The molecular formula is C23H36OSSi. The van der Waals surface area contributed by atoms with E-state index in [1.165, 1.54) is 40.8 Å². The zero-order chi connectivity index (χ0) is 19.5. The second-order valence-corrected chi connectivity index (χ2v) is 14.8. The van der Waals surface area contributed by atoms with Crippen molar-refractivity contribution in [2.45, 2.75) is 84.9 Å². The van der Waals surface area contributed by atoms with Crippen LogP contribution >= 0.6 is 11.3 Å². The summed E-state index contributed by atoms with van der Waals surface area (Å²) >= 11 is 1.90. The lowest BCUT2D eigenvalue weighted by Gasteiger charge is -2.37. The summed E-state index contributed by atoms with van der Waals surface area (Å²) in [6.45, 7) is 18.2. The van der Waals surface area contributed by atoms with E-state index in [2.05, 4.69) is 84.3 Å². The van der Waals surface area contributed by atoms with Crippen molar-refractivity contribution in [2.24, 2.45) is 0 Å². The van der Waals surface area contributed by atoms with Crippen LogP contribution in [0.5, 0.6) is 5.75 Å². The van der Waals surface area contributed by atoms with Crippen LogP contribution in [-0.4, -0.2) is 8.32 Å². The number of rotatable bonds is 7. The van der Waals surface area contributed by atoms with Gasteiger partial charge in [-0.2, -0.15) is 0 Å². The van der Waals surface area contributed by atoms with Crippen molar-refractivity contribution < 1.29 is 4.43 Å². The molecule has 1 aromatic carbocycles. The molecule has 2 rings (SSSR count). The van der Waals surface area contributed by atoms with Gasteiger partial charge in [0.15, 0.2) is 0 Å². The first kappa shape index (κ1) is 21.2. The van der Waals surface area contributed by atoms with Crippen LogP contribution in [0.2, 0.25) is 18.1 Å². The minimum atomic E-state index is -1.79. The molecule has 0 amide bonds. The SMILES string of the molecule is CCC(CCc1cc(C)cs1)c1ccc(O[Si](C)(C)C(C)(C)C)c(C)c1. The van der Waals surface area contributed by atoms with Crippen molar-refractivity contribution in [3.05, 3.63) is 51.2 Å². The Morgan fingerprint density at radius 1 is 1.12 bits per heavy atom. The Morgan fingerprint density at radius 3 is 2.31 bits per heavy atom. The van der Waals surface area contributed by atoms with Crippen LogP contribution < -0.4 is 4.43 Å². The zero-order valence-corrected chi connectivity index (χ0v) is 19.7. The molecule has 0 fully saturated rings. The summed E-state index contributed by atoms with van der Waals surface area (Å²) < 4.78 is 6.54. The second-order valence-electron chi connectivity index (χ2n) is 9.12. The van der Waals surface area contributed by atoms with Crippen molar-refractivity contribution in [3.63, 3.8) is 0 Å². The standard InChI is InChI=1S/C23H36OSSi/c1-9-19(10-12-21-14-17(2)16-25-21)20-11-13-22(18(3)15-20)24-26(7,8)23(4,5)6/h11,13-16,19H,9-10,12H2,1-8H3. The van der Waals surface area contributed by atoms with Gasteiger partial charge in [-0.25, -0.2) is 0 Å². The molecule has 2 aromatic rings. The average Bonchev–Trinajstić information content (AvgIpc) is 2.94. The number of benzene rings is 1. The largest absolute Gasteiger partial charge is 0.543 e. The molecule has 0 saturated heterocycles. The minimum Gasteiger partial charge on any atom is -0.543 e. The lowest BCUT2D eigenvalue weighted by molar-refractivity contribution is 0.488. The minimum absolute atomic E-state index is 0.225. The molecule has 0 bridgehead atoms. The molecule has 0 saturated carbocycles. The normalized spacial score (nSPS) is 13.7.